The average Bonchev–Trinajstić information content (AvgIpc) is 3.45. The number of nitrogens with one attached hydrogen (secondary N) is 1. The fourth-order valence-corrected chi connectivity index (χ4v) is 6.81. The quantitative estimate of drug-likeness (QED) is 0.706. The Morgan fingerprint density at radius 1 is 0.969 bits per heavy atom. The molecule has 0 aliphatic carbocycles. The number of carbonyl (C=O) groups is 3. The fourth-order valence-electron chi connectivity index (χ4n) is 6.81. The van der Waals surface area contributed by atoms with Gasteiger partial charge in [-0.05, 0) is 69.8 Å². The Bertz CT molecular complexity index is 1240. The summed E-state index contributed by atoms with van der Waals surface area (Å²) >= 11 is 0. The van der Waals surface area contributed by atoms with Crippen LogP contribution in [0.25, 0.3) is 0 Å². The highest BCUT2D eigenvalue weighted by molar-refractivity contribution is 6.26. The van der Waals surface area contributed by atoms with Gasteiger partial charge in [0.15, 0.2) is 0 Å². The van der Waals surface area contributed by atoms with Gasteiger partial charge in [0.2, 0.25) is 17.7 Å². The number of carbonyl (C=O) groups excluding carboxylic acids is 3. The monoisotopic (exact) mass is 429 g/mol. The number of nitrogens with zero attached hydrogens (tertiary/aromatic N) is 2. The number of hydrogen-bond donors (Lipinski definition) is 1. The maximum atomic E-state index is 14.0. The van der Waals surface area contributed by atoms with Crippen molar-refractivity contribution in [2.75, 3.05) is 16.8 Å². The number of imide groups is 1. The van der Waals surface area contributed by atoms with Crippen LogP contribution in [-0.4, -0.2) is 35.2 Å². The van der Waals surface area contributed by atoms with Gasteiger partial charge in [-0.3, -0.25) is 19.3 Å². The molecule has 3 saturated heterocycles. The molecule has 32 heavy (non-hydrogen) atoms. The van der Waals surface area contributed by atoms with Crippen molar-refractivity contribution in [2.45, 2.75) is 52.1 Å². The van der Waals surface area contributed by atoms with Crippen LogP contribution in [0.1, 0.15) is 40.7 Å². The van der Waals surface area contributed by atoms with Crippen LogP contribution in [0.3, 0.4) is 0 Å². The van der Waals surface area contributed by atoms with Crippen LogP contribution < -0.4 is 10.2 Å². The summed E-state index contributed by atoms with van der Waals surface area (Å²) in [6.07, 6.45) is 1.75. The van der Waals surface area contributed by atoms with E-state index in [-0.39, 0.29) is 23.8 Å². The Hall–Kier alpha value is -2.99. The molecule has 2 aromatic rings. The summed E-state index contributed by atoms with van der Waals surface area (Å²) in [6.45, 7) is 8.68. The highest BCUT2D eigenvalue weighted by Crippen LogP contribution is 2.61. The van der Waals surface area contributed by atoms with Gasteiger partial charge in [0.1, 0.15) is 5.54 Å². The maximum absolute atomic E-state index is 14.0. The third kappa shape index (κ3) is 2.11. The van der Waals surface area contributed by atoms with Crippen LogP contribution in [0, 0.1) is 39.5 Å². The van der Waals surface area contributed by atoms with Crippen LogP contribution in [0.5, 0.6) is 0 Å². The van der Waals surface area contributed by atoms with E-state index >= 15 is 0 Å². The molecule has 2 aromatic carbocycles. The minimum atomic E-state index is -1.11. The number of anilines is 2. The zero-order valence-corrected chi connectivity index (χ0v) is 18.9. The highest BCUT2D eigenvalue weighted by atomic mass is 16.2. The van der Waals surface area contributed by atoms with Crippen LogP contribution in [0.15, 0.2) is 30.3 Å². The van der Waals surface area contributed by atoms with Crippen molar-refractivity contribution < 1.29 is 14.4 Å². The SMILES string of the molecule is Cc1ccc(N2C(=O)[C@H]3[C@H]4CCCN4[C@@]4(C(=O)Nc5c4ccc(C)c5C)[C@@H]3C2=O)c(C)c1. The molecule has 4 atom stereocenters. The molecule has 6 rings (SSSR count). The topological polar surface area (TPSA) is 69.7 Å². The minimum absolute atomic E-state index is 0.0921. The van der Waals surface area contributed by atoms with Crippen molar-refractivity contribution >= 4 is 29.1 Å². The molecule has 4 aliphatic rings. The molecule has 3 fully saturated rings. The second-order valence-electron chi connectivity index (χ2n) is 9.86. The van der Waals surface area contributed by atoms with E-state index in [2.05, 4.69) is 10.2 Å². The Morgan fingerprint density at radius 2 is 1.75 bits per heavy atom. The number of amides is 3. The van der Waals surface area contributed by atoms with Crippen molar-refractivity contribution in [1.82, 2.24) is 4.90 Å². The average molecular weight is 430 g/mol. The van der Waals surface area contributed by atoms with Crippen molar-refractivity contribution in [3.63, 3.8) is 0 Å². The van der Waals surface area contributed by atoms with E-state index in [0.717, 1.165) is 52.9 Å². The predicted molar refractivity (Wildman–Crippen MR) is 121 cm³/mol. The molecule has 164 valence electrons. The molecule has 4 aliphatic heterocycles. The van der Waals surface area contributed by atoms with E-state index in [1.54, 1.807) is 0 Å². The van der Waals surface area contributed by atoms with Gasteiger partial charge in [-0.25, -0.2) is 4.90 Å². The summed E-state index contributed by atoms with van der Waals surface area (Å²) in [6, 6.07) is 9.70. The van der Waals surface area contributed by atoms with E-state index in [4.69, 9.17) is 0 Å². The van der Waals surface area contributed by atoms with Crippen LogP contribution in [0.2, 0.25) is 0 Å². The molecule has 6 heteroatoms. The smallest absolute Gasteiger partial charge is 0.250 e. The lowest BCUT2D eigenvalue weighted by atomic mass is 9.75. The van der Waals surface area contributed by atoms with E-state index in [0.29, 0.717) is 5.69 Å². The number of fused-ring (bicyclic) bond motifs is 7. The number of aryl methyl sites for hydroxylation is 3. The second kappa shape index (κ2) is 6.29. The molecule has 3 amide bonds. The lowest BCUT2D eigenvalue weighted by Gasteiger charge is -2.36. The zero-order chi connectivity index (χ0) is 22.5. The van der Waals surface area contributed by atoms with E-state index < -0.39 is 17.4 Å². The third-order valence-corrected chi connectivity index (χ3v) is 8.29. The first kappa shape index (κ1) is 19.7. The van der Waals surface area contributed by atoms with E-state index in [1.165, 1.54) is 4.90 Å². The molecular formula is C26H27N3O3. The predicted octanol–water partition coefficient (Wildman–Crippen LogP) is 3.35. The summed E-state index contributed by atoms with van der Waals surface area (Å²) < 4.78 is 0. The van der Waals surface area contributed by atoms with E-state index in [9.17, 15) is 14.4 Å². The molecule has 1 spiro atoms. The van der Waals surface area contributed by atoms with Crippen molar-refractivity contribution in [1.29, 1.82) is 0 Å². The lowest BCUT2D eigenvalue weighted by Crippen LogP contribution is -2.54. The summed E-state index contributed by atoms with van der Waals surface area (Å²) in [4.78, 5) is 45.2. The Labute approximate surface area is 187 Å². The molecule has 0 bridgehead atoms. The second-order valence-corrected chi connectivity index (χ2v) is 9.86. The molecule has 6 nitrogen and oxygen atoms in total. The van der Waals surface area contributed by atoms with Crippen LogP contribution >= 0.6 is 0 Å². The van der Waals surface area contributed by atoms with Crippen LogP contribution in [-0.2, 0) is 19.9 Å². The summed E-state index contributed by atoms with van der Waals surface area (Å²) in [5, 5.41) is 3.11. The maximum Gasteiger partial charge on any atom is 0.250 e. The first-order valence-corrected chi connectivity index (χ1v) is 11.4. The first-order valence-electron chi connectivity index (χ1n) is 11.4. The summed E-state index contributed by atoms with van der Waals surface area (Å²) in [5.41, 5.74) is 5.29. The number of hydrogen-bond acceptors (Lipinski definition) is 4. The molecular weight excluding hydrogens is 402 g/mol. The van der Waals surface area contributed by atoms with Gasteiger partial charge in [-0.15, -0.1) is 0 Å². The normalized spacial score (nSPS) is 30.8. The van der Waals surface area contributed by atoms with Crippen molar-refractivity contribution in [3.05, 3.63) is 58.1 Å². The molecule has 0 saturated carbocycles. The molecule has 4 heterocycles. The van der Waals surface area contributed by atoms with Gasteiger partial charge in [-0.1, -0.05) is 29.8 Å². The zero-order valence-electron chi connectivity index (χ0n) is 18.9. The minimum Gasteiger partial charge on any atom is -0.324 e. The number of rotatable bonds is 1. The third-order valence-electron chi connectivity index (χ3n) is 8.29. The van der Waals surface area contributed by atoms with Crippen molar-refractivity contribution in [2.24, 2.45) is 11.8 Å². The Balaban J connectivity index is 1.57. The number of benzene rings is 2. The highest BCUT2D eigenvalue weighted by Gasteiger charge is 2.74. The standard InChI is InChI=1S/C26H27N3O3/c1-13-7-10-18(15(3)12-13)29-23(30)20-19-6-5-11-28(19)26(21(20)24(29)31)17-9-8-14(2)16(4)22(17)27-25(26)32/h7-10,12,19-21H,5-6,11H2,1-4H3,(H,27,32)/t19-,20+,21+,26-/m1/s1. The Kier molecular flexibility index (Phi) is 3.87. The summed E-state index contributed by atoms with van der Waals surface area (Å²) in [5.74, 6) is -1.77. The van der Waals surface area contributed by atoms with Crippen molar-refractivity contribution in [3.8, 4) is 0 Å². The molecule has 0 unspecified atom stereocenters. The van der Waals surface area contributed by atoms with Gasteiger partial charge in [-0.2, -0.15) is 0 Å². The first-order chi connectivity index (χ1) is 15.3. The largest absolute Gasteiger partial charge is 0.324 e. The summed E-state index contributed by atoms with van der Waals surface area (Å²) in [7, 11) is 0. The molecule has 0 aromatic heterocycles. The van der Waals surface area contributed by atoms with Gasteiger partial charge in [0, 0.05) is 17.3 Å². The molecule has 1 N–H and O–H groups in total. The van der Waals surface area contributed by atoms with Gasteiger partial charge in [0.25, 0.3) is 0 Å². The van der Waals surface area contributed by atoms with Gasteiger partial charge < -0.3 is 5.32 Å². The van der Waals surface area contributed by atoms with E-state index in [1.807, 2.05) is 58.0 Å². The fraction of sp³-hybridized carbons (Fsp3) is 0.423. The molecule has 0 radical (unpaired) electrons. The van der Waals surface area contributed by atoms with Gasteiger partial charge >= 0.3 is 0 Å². The lowest BCUT2D eigenvalue weighted by molar-refractivity contribution is -0.135. The van der Waals surface area contributed by atoms with Crippen LogP contribution in [0.4, 0.5) is 11.4 Å². The Morgan fingerprint density at radius 3 is 2.50 bits per heavy atom. The van der Waals surface area contributed by atoms with Gasteiger partial charge in [0.05, 0.1) is 17.5 Å².